The van der Waals surface area contributed by atoms with Gasteiger partial charge in [-0.3, -0.25) is 14.8 Å². The molecule has 6 rings (SSSR count). The SMILES string of the molecule is CC(C)(C)[C@@H]1CC12N[C@@H](C(=O)Nc1ccn(CC3(O)CCNCC3)n1)[C@H](c1cccc(Cl)c1F)[C@@]2(C#N)c1ccc(Cl)cc1F. The number of carbonyl (C=O) groups excluding carboxylic acids is 1. The van der Waals surface area contributed by atoms with Crippen molar-refractivity contribution in [1.29, 1.82) is 5.26 Å². The van der Waals surface area contributed by atoms with Gasteiger partial charge in [-0.05, 0) is 67.4 Å². The fourth-order valence-electron chi connectivity index (χ4n) is 7.82. The standard InChI is InChI=1S/C33H36Cl2F2N6O2/c1-30(2,3)24-16-33(24)32(17-38,21-8-7-19(34)15-23(21)36)26(20-5-4-6-22(35)27(20)37)28(41-33)29(44)40-25-9-14-43(42-25)18-31(45)10-12-39-13-11-31/h4-9,14-15,24,26,28,39,41,45H,10-13,16,18H2,1-3H3,(H,40,42,44)/t24-,26-,28+,32+,33?/m0/s1. The Bertz CT molecular complexity index is 1680. The van der Waals surface area contributed by atoms with Crippen LogP contribution in [0, 0.1) is 34.3 Å². The predicted molar refractivity (Wildman–Crippen MR) is 168 cm³/mol. The van der Waals surface area contributed by atoms with E-state index in [1.807, 2.05) is 20.8 Å². The average Bonchev–Trinajstić information content (AvgIpc) is 3.46. The van der Waals surface area contributed by atoms with Crippen LogP contribution in [0.25, 0.3) is 0 Å². The van der Waals surface area contributed by atoms with Gasteiger partial charge in [-0.1, -0.05) is 62.2 Å². The number of aliphatic hydroxyl groups is 1. The molecule has 5 atom stereocenters. The highest BCUT2D eigenvalue weighted by Gasteiger charge is 2.79. The number of amides is 1. The molecular formula is C33H36Cl2F2N6O2. The van der Waals surface area contributed by atoms with Gasteiger partial charge in [-0.15, -0.1) is 0 Å². The molecule has 238 valence electrons. The first-order valence-corrected chi connectivity index (χ1v) is 15.9. The zero-order chi connectivity index (χ0) is 32.4. The van der Waals surface area contributed by atoms with Gasteiger partial charge in [0.2, 0.25) is 5.91 Å². The lowest BCUT2D eigenvalue weighted by atomic mass is 9.62. The van der Waals surface area contributed by atoms with Gasteiger partial charge in [0.1, 0.15) is 17.0 Å². The highest BCUT2D eigenvalue weighted by molar-refractivity contribution is 6.31. The molecule has 1 unspecified atom stereocenters. The molecule has 4 N–H and O–H groups in total. The molecule has 1 aliphatic carbocycles. The molecule has 1 amide bonds. The van der Waals surface area contributed by atoms with Gasteiger partial charge < -0.3 is 15.7 Å². The smallest absolute Gasteiger partial charge is 0.243 e. The molecule has 1 aromatic heterocycles. The Morgan fingerprint density at radius 3 is 2.58 bits per heavy atom. The minimum absolute atomic E-state index is 0.0288. The zero-order valence-corrected chi connectivity index (χ0v) is 26.8. The second-order valence-corrected chi connectivity index (χ2v) is 14.6. The summed E-state index contributed by atoms with van der Waals surface area (Å²) in [4.78, 5) is 14.2. The van der Waals surface area contributed by atoms with Crippen LogP contribution in [0.3, 0.4) is 0 Å². The van der Waals surface area contributed by atoms with Crippen LogP contribution in [-0.4, -0.2) is 51.1 Å². The molecule has 3 aliphatic rings. The number of piperidine rings is 1. The van der Waals surface area contributed by atoms with E-state index >= 15 is 8.78 Å². The summed E-state index contributed by atoms with van der Waals surface area (Å²) in [6.45, 7) is 7.73. The van der Waals surface area contributed by atoms with Crippen LogP contribution in [0.5, 0.6) is 0 Å². The van der Waals surface area contributed by atoms with Gasteiger partial charge in [-0.25, -0.2) is 8.78 Å². The van der Waals surface area contributed by atoms with Crippen molar-refractivity contribution >= 4 is 34.9 Å². The van der Waals surface area contributed by atoms with Crippen LogP contribution in [0.1, 0.15) is 57.1 Å². The summed E-state index contributed by atoms with van der Waals surface area (Å²) in [6.07, 6.45) is 3.27. The fraction of sp³-hybridized carbons (Fsp3) is 0.485. The fourth-order valence-corrected chi connectivity index (χ4v) is 8.16. The number of hydrogen-bond donors (Lipinski definition) is 4. The third-order valence-electron chi connectivity index (χ3n) is 9.94. The van der Waals surface area contributed by atoms with E-state index in [0.29, 0.717) is 32.4 Å². The third kappa shape index (κ3) is 5.33. The molecule has 12 heteroatoms. The summed E-state index contributed by atoms with van der Waals surface area (Å²) in [7, 11) is 0. The number of rotatable bonds is 6. The third-order valence-corrected chi connectivity index (χ3v) is 10.5. The molecule has 2 saturated heterocycles. The van der Waals surface area contributed by atoms with Crippen molar-refractivity contribution < 1.29 is 18.7 Å². The Kier molecular flexibility index (Phi) is 8.02. The van der Waals surface area contributed by atoms with Crippen molar-refractivity contribution in [2.45, 2.75) is 75.1 Å². The van der Waals surface area contributed by atoms with Gasteiger partial charge in [0.15, 0.2) is 5.82 Å². The minimum Gasteiger partial charge on any atom is -0.388 e. The van der Waals surface area contributed by atoms with Crippen LogP contribution in [0.15, 0.2) is 48.7 Å². The average molecular weight is 658 g/mol. The van der Waals surface area contributed by atoms with Crippen molar-refractivity contribution in [3.63, 3.8) is 0 Å². The summed E-state index contributed by atoms with van der Waals surface area (Å²) in [6, 6.07) is 11.4. The Morgan fingerprint density at radius 2 is 1.93 bits per heavy atom. The zero-order valence-electron chi connectivity index (χ0n) is 25.3. The maximum Gasteiger partial charge on any atom is 0.243 e. The first kappa shape index (κ1) is 31.9. The highest BCUT2D eigenvalue weighted by atomic mass is 35.5. The Morgan fingerprint density at radius 1 is 1.20 bits per heavy atom. The van der Waals surface area contributed by atoms with Crippen LogP contribution < -0.4 is 16.0 Å². The maximum absolute atomic E-state index is 16.0. The van der Waals surface area contributed by atoms with Crippen molar-refractivity contribution in [2.24, 2.45) is 11.3 Å². The first-order chi connectivity index (χ1) is 21.2. The predicted octanol–water partition coefficient (Wildman–Crippen LogP) is 5.54. The lowest BCUT2D eigenvalue weighted by Crippen LogP contribution is -2.48. The molecule has 2 aromatic carbocycles. The van der Waals surface area contributed by atoms with Crippen molar-refractivity contribution in [1.82, 2.24) is 20.4 Å². The largest absolute Gasteiger partial charge is 0.388 e. The van der Waals surface area contributed by atoms with Crippen LogP contribution in [0.4, 0.5) is 14.6 Å². The number of halogens is 4. The van der Waals surface area contributed by atoms with E-state index < -0.39 is 46.1 Å². The molecular weight excluding hydrogens is 621 g/mol. The van der Waals surface area contributed by atoms with Crippen LogP contribution in [-0.2, 0) is 16.8 Å². The number of benzene rings is 2. The lowest BCUT2D eigenvalue weighted by molar-refractivity contribution is -0.118. The Balaban J connectivity index is 1.44. The summed E-state index contributed by atoms with van der Waals surface area (Å²) >= 11 is 12.4. The second kappa shape index (κ2) is 11.3. The first-order valence-electron chi connectivity index (χ1n) is 15.1. The highest BCUT2D eigenvalue weighted by Crippen LogP contribution is 2.70. The van der Waals surface area contributed by atoms with Gasteiger partial charge in [0, 0.05) is 34.3 Å². The van der Waals surface area contributed by atoms with E-state index in [1.54, 1.807) is 23.0 Å². The minimum atomic E-state index is -1.72. The summed E-state index contributed by atoms with van der Waals surface area (Å²) in [5, 5.41) is 36.1. The normalized spacial score (nSPS) is 29.0. The molecule has 3 heterocycles. The second-order valence-electron chi connectivity index (χ2n) is 13.7. The van der Waals surface area contributed by atoms with Gasteiger partial charge in [0.05, 0.1) is 29.3 Å². The van der Waals surface area contributed by atoms with Crippen molar-refractivity contribution in [3.05, 3.63) is 81.5 Å². The van der Waals surface area contributed by atoms with E-state index in [-0.39, 0.29) is 44.9 Å². The van der Waals surface area contributed by atoms with E-state index in [2.05, 4.69) is 27.1 Å². The molecule has 8 nitrogen and oxygen atoms in total. The van der Waals surface area contributed by atoms with Crippen molar-refractivity contribution in [3.8, 4) is 6.07 Å². The Hall–Kier alpha value is -3.07. The number of anilines is 1. The number of nitrogens with zero attached hydrogens (tertiary/aromatic N) is 3. The molecule has 45 heavy (non-hydrogen) atoms. The molecule has 3 fully saturated rings. The summed E-state index contributed by atoms with van der Waals surface area (Å²) in [5.74, 6) is -3.16. The quantitative estimate of drug-likeness (QED) is 0.277. The van der Waals surface area contributed by atoms with E-state index in [1.165, 1.54) is 24.3 Å². The molecule has 0 radical (unpaired) electrons. The van der Waals surface area contributed by atoms with Gasteiger partial charge >= 0.3 is 0 Å². The lowest BCUT2D eigenvalue weighted by Gasteiger charge is -2.37. The van der Waals surface area contributed by atoms with Gasteiger partial charge in [-0.2, -0.15) is 10.4 Å². The van der Waals surface area contributed by atoms with Gasteiger partial charge in [0.25, 0.3) is 0 Å². The maximum atomic E-state index is 16.0. The number of carbonyl (C=O) groups is 1. The number of nitrogens with one attached hydrogen (secondary N) is 3. The molecule has 1 saturated carbocycles. The molecule has 3 aromatic rings. The monoisotopic (exact) mass is 656 g/mol. The number of nitriles is 1. The number of hydrogen-bond acceptors (Lipinski definition) is 6. The van der Waals surface area contributed by atoms with Crippen molar-refractivity contribution in [2.75, 3.05) is 18.4 Å². The van der Waals surface area contributed by atoms with E-state index in [4.69, 9.17) is 23.2 Å². The Labute approximate surface area is 271 Å². The van der Waals surface area contributed by atoms with E-state index in [9.17, 15) is 15.2 Å². The summed E-state index contributed by atoms with van der Waals surface area (Å²) in [5.41, 5.74) is -3.99. The molecule has 2 aliphatic heterocycles. The number of aromatic nitrogens is 2. The van der Waals surface area contributed by atoms with Crippen LogP contribution >= 0.6 is 23.2 Å². The van der Waals surface area contributed by atoms with E-state index in [0.717, 1.165) is 6.07 Å². The topological polar surface area (TPSA) is 115 Å². The van der Waals surface area contributed by atoms with Crippen LogP contribution in [0.2, 0.25) is 10.0 Å². The molecule has 0 bridgehead atoms. The molecule has 1 spiro atoms. The summed E-state index contributed by atoms with van der Waals surface area (Å²) < 4.78 is 33.5.